The minimum Gasteiger partial charge on any atom is -0.480 e. The maximum atomic E-state index is 11.6. The molecule has 1 unspecified atom stereocenters. The molecule has 0 saturated carbocycles. The van der Waals surface area contributed by atoms with Crippen molar-refractivity contribution in [3.8, 4) is 0 Å². The zero-order valence-corrected chi connectivity index (χ0v) is 11.6. The number of thioether (sulfide) groups is 1. The standard InChI is InChI=1S/C13H16N2O4S/c16-9-14-11(13(18)19)8-20-7-6-12(17)15-10-4-2-1-3-5-10/h1-5,9,11H,6-8H2,(H,14,16)(H,15,17)(H,18,19). The fourth-order valence-electron chi connectivity index (χ4n) is 1.38. The van der Waals surface area contributed by atoms with Crippen LogP contribution in [0.2, 0.25) is 0 Å². The fourth-order valence-corrected chi connectivity index (χ4v) is 2.35. The van der Waals surface area contributed by atoms with E-state index in [-0.39, 0.29) is 18.1 Å². The number of benzene rings is 1. The number of carbonyl (C=O) groups excluding carboxylic acids is 2. The highest BCUT2D eigenvalue weighted by Gasteiger charge is 2.15. The van der Waals surface area contributed by atoms with Gasteiger partial charge in [-0.1, -0.05) is 18.2 Å². The molecular weight excluding hydrogens is 280 g/mol. The van der Waals surface area contributed by atoms with E-state index in [1.807, 2.05) is 18.2 Å². The number of hydrogen-bond donors (Lipinski definition) is 3. The summed E-state index contributed by atoms with van der Waals surface area (Å²) in [6, 6.07) is 8.17. The van der Waals surface area contributed by atoms with Gasteiger partial charge in [0, 0.05) is 23.6 Å². The SMILES string of the molecule is O=CNC(CSCCC(=O)Nc1ccccc1)C(=O)O. The van der Waals surface area contributed by atoms with Gasteiger partial charge in [0.2, 0.25) is 12.3 Å². The lowest BCUT2D eigenvalue weighted by atomic mass is 10.3. The topological polar surface area (TPSA) is 95.5 Å². The molecule has 108 valence electrons. The van der Waals surface area contributed by atoms with E-state index in [9.17, 15) is 14.4 Å². The van der Waals surface area contributed by atoms with Crippen LogP contribution in [0, 0.1) is 0 Å². The molecule has 1 aromatic carbocycles. The highest BCUT2D eigenvalue weighted by molar-refractivity contribution is 7.99. The first-order chi connectivity index (χ1) is 9.63. The summed E-state index contributed by atoms with van der Waals surface area (Å²) in [5, 5.41) is 13.7. The molecule has 0 aliphatic rings. The summed E-state index contributed by atoms with van der Waals surface area (Å²) in [6.07, 6.45) is 0.647. The number of amides is 2. The Morgan fingerprint density at radius 2 is 2.00 bits per heavy atom. The normalized spacial score (nSPS) is 11.4. The summed E-state index contributed by atoms with van der Waals surface area (Å²) in [4.78, 5) is 32.6. The van der Waals surface area contributed by atoms with Crippen LogP contribution >= 0.6 is 11.8 Å². The first-order valence-electron chi connectivity index (χ1n) is 5.98. The van der Waals surface area contributed by atoms with Gasteiger partial charge in [-0.05, 0) is 12.1 Å². The molecule has 1 rings (SSSR count). The third kappa shape index (κ3) is 6.24. The van der Waals surface area contributed by atoms with Crippen molar-refractivity contribution in [2.24, 2.45) is 0 Å². The number of rotatable bonds is 9. The first-order valence-corrected chi connectivity index (χ1v) is 7.14. The highest BCUT2D eigenvalue weighted by Crippen LogP contribution is 2.09. The van der Waals surface area contributed by atoms with E-state index in [4.69, 9.17) is 5.11 Å². The summed E-state index contributed by atoms with van der Waals surface area (Å²) in [5.41, 5.74) is 0.730. The van der Waals surface area contributed by atoms with Crippen LogP contribution in [0.15, 0.2) is 30.3 Å². The van der Waals surface area contributed by atoms with Crippen LogP contribution in [0.1, 0.15) is 6.42 Å². The van der Waals surface area contributed by atoms with Gasteiger partial charge >= 0.3 is 5.97 Å². The van der Waals surface area contributed by atoms with Crippen molar-refractivity contribution in [3.05, 3.63) is 30.3 Å². The van der Waals surface area contributed by atoms with Crippen molar-refractivity contribution in [2.75, 3.05) is 16.8 Å². The van der Waals surface area contributed by atoms with Gasteiger partial charge in [-0.25, -0.2) is 4.79 Å². The van der Waals surface area contributed by atoms with E-state index >= 15 is 0 Å². The molecule has 0 heterocycles. The average molecular weight is 296 g/mol. The van der Waals surface area contributed by atoms with E-state index in [2.05, 4.69) is 10.6 Å². The van der Waals surface area contributed by atoms with Crippen LogP contribution in [-0.4, -0.2) is 40.9 Å². The molecule has 0 aliphatic heterocycles. The third-order valence-corrected chi connectivity index (χ3v) is 3.44. The van der Waals surface area contributed by atoms with E-state index < -0.39 is 12.0 Å². The number of carboxylic acids is 1. The monoisotopic (exact) mass is 296 g/mol. The number of anilines is 1. The van der Waals surface area contributed by atoms with Crippen LogP contribution in [-0.2, 0) is 14.4 Å². The zero-order chi connectivity index (χ0) is 14.8. The Balaban J connectivity index is 2.22. The molecule has 20 heavy (non-hydrogen) atoms. The zero-order valence-electron chi connectivity index (χ0n) is 10.7. The lowest BCUT2D eigenvalue weighted by molar-refractivity contribution is -0.139. The average Bonchev–Trinajstić information content (AvgIpc) is 2.43. The van der Waals surface area contributed by atoms with Crippen LogP contribution in [0.25, 0.3) is 0 Å². The molecule has 7 heteroatoms. The number of aliphatic carboxylic acids is 1. The maximum absolute atomic E-state index is 11.6. The Bertz CT molecular complexity index is 453. The summed E-state index contributed by atoms with van der Waals surface area (Å²) >= 11 is 1.31. The summed E-state index contributed by atoms with van der Waals surface area (Å²) in [7, 11) is 0. The number of carbonyl (C=O) groups is 3. The Morgan fingerprint density at radius 3 is 2.60 bits per heavy atom. The highest BCUT2D eigenvalue weighted by atomic mass is 32.2. The van der Waals surface area contributed by atoms with Gasteiger partial charge in [0.15, 0.2) is 0 Å². The van der Waals surface area contributed by atoms with Gasteiger partial charge in [0.1, 0.15) is 6.04 Å². The molecule has 0 aromatic heterocycles. The summed E-state index contributed by atoms with van der Waals surface area (Å²) < 4.78 is 0. The molecular formula is C13H16N2O4S. The van der Waals surface area contributed by atoms with Gasteiger partial charge in [0.05, 0.1) is 0 Å². The number of nitrogens with one attached hydrogen (secondary N) is 2. The van der Waals surface area contributed by atoms with Crippen molar-refractivity contribution >= 4 is 35.7 Å². The second kappa shape index (κ2) is 8.98. The smallest absolute Gasteiger partial charge is 0.327 e. The molecule has 1 aromatic rings. The molecule has 0 aliphatic carbocycles. The quantitative estimate of drug-likeness (QED) is 0.466. The number of carboxylic acid groups (broad SMARTS) is 1. The van der Waals surface area contributed by atoms with E-state index in [0.29, 0.717) is 12.2 Å². The van der Waals surface area contributed by atoms with E-state index in [1.165, 1.54) is 11.8 Å². The van der Waals surface area contributed by atoms with Crippen molar-refractivity contribution in [1.82, 2.24) is 5.32 Å². The predicted molar refractivity (Wildman–Crippen MR) is 77.6 cm³/mol. The van der Waals surface area contributed by atoms with E-state index in [1.54, 1.807) is 12.1 Å². The van der Waals surface area contributed by atoms with E-state index in [0.717, 1.165) is 5.69 Å². The van der Waals surface area contributed by atoms with Gasteiger partial charge in [-0.2, -0.15) is 11.8 Å². The van der Waals surface area contributed by atoms with Crippen molar-refractivity contribution in [3.63, 3.8) is 0 Å². The Labute approximate surface area is 120 Å². The van der Waals surface area contributed by atoms with Crippen LogP contribution < -0.4 is 10.6 Å². The molecule has 0 fully saturated rings. The molecule has 3 N–H and O–H groups in total. The Hall–Kier alpha value is -2.02. The molecule has 2 amide bonds. The summed E-state index contributed by atoms with van der Waals surface area (Å²) in [6.45, 7) is 0. The minimum atomic E-state index is -1.08. The minimum absolute atomic E-state index is 0.126. The van der Waals surface area contributed by atoms with Crippen LogP contribution in [0.4, 0.5) is 5.69 Å². The molecule has 1 atom stereocenters. The van der Waals surface area contributed by atoms with Crippen molar-refractivity contribution in [2.45, 2.75) is 12.5 Å². The van der Waals surface area contributed by atoms with Gasteiger partial charge < -0.3 is 15.7 Å². The van der Waals surface area contributed by atoms with Gasteiger partial charge in [-0.3, -0.25) is 9.59 Å². The summed E-state index contributed by atoms with van der Waals surface area (Å²) in [5.74, 6) is -0.493. The maximum Gasteiger partial charge on any atom is 0.327 e. The first kappa shape index (κ1) is 16.0. The lowest BCUT2D eigenvalue weighted by Crippen LogP contribution is -2.37. The lowest BCUT2D eigenvalue weighted by Gasteiger charge is -2.10. The Kier molecular flexibility index (Phi) is 7.20. The number of hydrogen-bond acceptors (Lipinski definition) is 4. The van der Waals surface area contributed by atoms with Crippen LogP contribution in [0.5, 0.6) is 0 Å². The van der Waals surface area contributed by atoms with Gasteiger partial charge in [0.25, 0.3) is 0 Å². The third-order valence-electron chi connectivity index (χ3n) is 2.38. The molecule has 0 saturated heterocycles. The molecule has 0 bridgehead atoms. The molecule has 0 radical (unpaired) electrons. The number of para-hydroxylation sites is 1. The van der Waals surface area contributed by atoms with Crippen LogP contribution in [0.3, 0.4) is 0 Å². The molecule has 0 spiro atoms. The predicted octanol–water partition coefficient (Wildman–Crippen LogP) is 0.948. The second-order valence-corrected chi connectivity index (χ2v) is 5.06. The Morgan fingerprint density at radius 1 is 1.30 bits per heavy atom. The fraction of sp³-hybridized carbons (Fsp3) is 0.308. The van der Waals surface area contributed by atoms with Gasteiger partial charge in [-0.15, -0.1) is 0 Å². The van der Waals surface area contributed by atoms with Crippen molar-refractivity contribution < 1.29 is 19.5 Å². The largest absolute Gasteiger partial charge is 0.480 e. The molecule has 6 nitrogen and oxygen atoms in total. The van der Waals surface area contributed by atoms with Crippen molar-refractivity contribution in [1.29, 1.82) is 0 Å². The second-order valence-electron chi connectivity index (χ2n) is 3.91.